The first-order valence-corrected chi connectivity index (χ1v) is 5.61. The summed E-state index contributed by atoms with van der Waals surface area (Å²) >= 11 is 0. The van der Waals surface area contributed by atoms with Crippen LogP contribution in [0.3, 0.4) is 0 Å². The third-order valence-electron chi connectivity index (χ3n) is 2.05. The van der Waals surface area contributed by atoms with E-state index in [9.17, 15) is 9.59 Å². The molecule has 1 rings (SSSR count). The lowest BCUT2D eigenvalue weighted by Crippen LogP contribution is -2.07. The zero-order valence-electron chi connectivity index (χ0n) is 10.1. The lowest BCUT2D eigenvalue weighted by molar-refractivity contribution is -0.143. The van der Waals surface area contributed by atoms with E-state index in [1.165, 1.54) is 18.3 Å². The van der Waals surface area contributed by atoms with E-state index >= 15 is 0 Å². The molecule has 0 atom stereocenters. The van der Waals surface area contributed by atoms with Gasteiger partial charge in [-0.15, -0.1) is 0 Å². The van der Waals surface area contributed by atoms with Crippen LogP contribution in [-0.4, -0.2) is 35.2 Å². The molecule has 0 amide bonds. The number of carbonyl (C=O) groups is 2. The molecule has 6 nitrogen and oxygen atoms in total. The lowest BCUT2D eigenvalue weighted by atomic mass is 10.3. The molecule has 0 saturated carbocycles. The predicted molar refractivity (Wildman–Crippen MR) is 62.6 cm³/mol. The Balaban J connectivity index is 2.27. The van der Waals surface area contributed by atoms with Gasteiger partial charge in [0.25, 0.3) is 0 Å². The van der Waals surface area contributed by atoms with E-state index in [-0.39, 0.29) is 11.7 Å². The predicted octanol–water partition coefficient (Wildman–Crippen LogP) is 1.50. The molecule has 98 valence electrons. The molecule has 6 heteroatoms. The van der Waals surface area contributed by atoms with Crippen molar-refractivity contribution >= 4 is 11.9 Å². The first-order valence-electron chi connectivity index (χ1n) is 5.61. The Morgan fingerprint density at radius 1 is 1.39 bits per heavy atom. The first kappa shape index (κ1) is 14.0. The minimum atomic E-state index is -1.08. The number of nitrogens with zero attached hydrogens (tertiary/aromatic N) is 1. The molecule has 0 bridgehead atoms. The van der Waals surface area contributed by atoms with E-state index in [2.05, 4.69) is 4.98 Å². The summed E-state index contributed by atoms with van der Waals surface area (Å²) in [5.74, 6) is -0.854. The Labute approximate surface area is 105 Å². The van der Waals surface area contributed by atoms with Gasteiger partial charge in [-0.3, -0.25) is 4.79 Å². The molecule has 0 unspecified atom stereocenters. The van der Waals surface area contributed by atoms with Gasteiger partial charge >= 0.3 is 11.9 Å². The number of ether oxygens (including phenoxy) is 2. The van der Waals surface area contributed by atoms with Crippen LogP contribution in [0.4, 0.5) is 0 Å². The quantitative estimate of drug-likeness (QED) is 0.585. The fraction of sp³-hybridized carbons (Fsp3) is 0.417. The molecule has 0 spiro atoms. The highest BCUT2D eigenvalue weighted by atomic mass is 16.5. The van der Waals surface area contributed by atoms with E-state index in [1.54, 1.807) is 6.92 Å². The average molecular weight is 253 g/mol. The summed E-state index contributed by atoms with van der Waals surface area (Å²) in [4.78, 5) is 25.3. The molecule has 1 aromatic heterocycles. The van der Waals surface area contributed by atoms with Gasteiger partial charge in [-0.2, -0.15) is 0 Å². The Hall–Kier alpha value is -2.11. The van der Waals surface area contributed by atoms with Gasteiger partial charge in [0.05, 0.1) is 19.4 Å². The van der Waals surface area contributed by atoms with Crippen molar-refractivity contribution in [2.45, 2.75) is 19.8 Å². The van der Waals surface area contributed by atoms with Crippen LogP contribution in [0.1, 0.15) is 30.3 Å². The SMILES string of the molecule is CCOC(=O)CCCOc1ccc(C(=O)O)nc1. The Kier molecular flexibility index (Phi) is 5.63. The Morgan fingerprint density at radius 2 is 2.17 bits per heavy atom. The van der Waals surface area contributed by atoms with Crippen molar-refractivity contribution in [2.24, 2.45) is 0 Å². The second-order valence-corrected chi connectivity index (χ2v) is 3.44. The Bertz CT molecular complexity index is 401. The number of carboxylic acids is 1. The lowest BCUT2D eigenvalue weighted by Gasteiger charge is -2.05. The number of aromatic carboxylic acids is 1. The largest absolute Gasteiger partial charge is 0.492 e. The summed E-state index contributed by atoms with van der Waals surface area (Å²) < 4.78 is 10.1. The molecule has 1 N–H and O–H groups in total. The van der Waals surface area contributed by atoms with E-state index in [0.29, 0.717) is 31.8 Å². The van der Waals surface area contributed by atoms with Crippen molar-refractivity contribution in [1.82, 2.24) is 4.98 Å². The zero-order chi connectivity index (χ0) is 13.4. The van der Waals surface area contributed by atoms with Gasteiger partial charge in [-0.1, -0.05) is 0 Å². The van der Waals surface area contributed by atoms with Crippen LogP contribution in [0.2, 0.25) is 0 Å². The fourth-order valence-electron chi connectivity index (χ4n) is 1.23. The summed E-state index contributed by atoms with van der Waals surface area (Å²) in [5, 5.41) is 8.65. The highest BCUT2D eigenvalue weighted by Gasteiger charge is 2.04. The molecule has 0 aliphatic carbocycles. The number of esters is 1. The molecular weight excluding hydrogens is 238 g/mol. The van der Waals surface area contributed by atoms with Crippen molar-refractivity contribution in [3.05, 3.63) is 24.0 Å². The summed E-state index contributed by atoms with van der Waals surface area (Å²) in [6, 6.07) is 2.89. The Morgan fingerprint density at radius 3 is 2.72 bits per heavy atom. The molecule has 0 aromatic carbocycles. The second-order valence-electron chi connectivity index (χ2n) is 3.44. The average Bonchev–Trinajstić information content (AvgIpc) is 2.35. The maximum Gasteiger partial charge on any atom is 0.354 e. The summed E-state index contributed by atoms with van der Waals surface area (Å²) in [5.41, 5.74) is -0.0335. The minimum Gasteiger partial charge on any atom is -0.492 e. The standard InChI is InChI=1S/C12H15NO5/c1-2-17-11(14)4-3-7-18-9-5-6-10(12(15)16)13-8-9/h5-6,8H,2-4,7H2,1H3,(H,15,16). The van der Waals surface area contributed by atoms with Crippen LogP contribution in [-0.2, 0) is 9.53 Å². The van der Waals surface area contributed by atoms with Gasteiger partial charge in [0.1, 0.15) is 11.4 Å². The highest BCUT2D eigenvalue weighted by Crippen LogP contribution is 2.09. The smallest absolute Gasteiger partial charge is 0.354 e. The fourth-order valence-corrected chi connectivity index (χ4v) is 1.23. The molecule has 0 saturated heterocycles. The van der Waals surface area contributed by atoms with Crippen molar-refractivity contribution in [3.8, 4) is 5.75 Å². The van der Waals surface area contributed by atoms with Gasteiger partial charge in [0.2, 0.25) is 0 Å². The highest BCUT2D eigenvalue weighted by molar-refractivity contribution is 5.85. The van der Waals surface area contributed by atoms with Crippen LogP contribution in [0.5, 0.6) is 5.75 Å². The number of hydrogen-bond acceptors (Lipinski definition) is 5. The van der Waals surface area contributed by atoms with E-state index in [0.717, 1.165) is 0 Å². The van der Waals surface area contributed by atoms with Crippen LogP contribution >= 0.6 is 0 Å². The summed E-state index contributed by atoms with van der Waals surface area (Å²) in [7, 11) is 0. The van der Waals surface area contributed by atoms with Crippen LogP contribution < -0.4 is 4.74 Å². The molecule has 1 heterocycles. The molecule has 0 radical (unpaired) electrons. The number of aromatic nitrogens is 1. The maximum absolute atomic E-state index is 11.0. The zero-order valence-corrected chi connectivity index (χ0v) is 10.1. The second kappa shape index (κ2) is 7.26. The van der Waals surface area contributed by atoms with Gasteiger partial charge in [-0.25, -0.2) is 9.78 Å². The molecule has 1 aromatic rings. The van der Waals surface area contributed by atoms with Crippen molar-refractivity contribution in [2.75, 3.05) is 13.2 Å². The third-order valence-corrected chi connectivity index (χ3v) is 2.05. The monoisotopic (exact) mass is 253 g/mol. The molecule has 0 aliphatic rings. The van der Waals surface area contributed by atoms with Crippen molar-refractivity contribution < 1.29 is 24.2 Å². The molecule has 18 heavy (non-hydrogen) atoms. The maximum atomic E-state index is 11.0. The van der Waals surface area contributed by atoms with Gasteiger partial charge < -0.3 is 14.6 Å². The third kappa shape index (κ3) is 4.82. The topological polar surface area (TPSA) is 85.7 Å². The number of carbonyl (C=O) groups excluding carboxylic acids is 1. The minimum absolute atomic E-state index is 0.0335. The molecule has 0 aliphatic heterocycles. The van der Waals surface area contributed by atoms with E-state index < -0.39 is 5.97 Å². The van der Waals surface area contributed by atoms with Crippen LogP contribution in [0, 0.1) is 0 Å². The van der Waals surface area contributed by atoms with E-state index in [4.69, 9.17) is 14.6 Å². The molecular formula is C12H15NO5. The van der Waals surface area contributed by atoms with E-state index in [1.807, 2.05) is 0 Å². The van der Waals surface area contributed by atoms with Gasteiger partial charge in [-0.05, 0) is 25.5 Å². The van der Waals surface area contributed by atoms with Crippen LogP contribution in [0.25, 0.3) is 0 Å². The van der Waals surface area contributed by atoms with Crippen molar-refractivity contribution in [1.29, 1.82) is 0 Å². The number of carboxylic acid groups (broad SMARTS) is 1. The number of rotatable bonds is 7. The number of hydrogen-bond donors (Lipinski definition) is 1. The van der Waals surface area contributed by atoms with Crippen molar-refractivity contribution in [3.63, 3.8) is 0 Å². The normalized spacial score (nSPS) is 9.83. The van der Waals surface area contributed by atoms with Gasteiger partial charge in [0.15, 0.2) is 0 Å². The first-order chi connectivity index (χ1) is 8.63. The van der Waals surface area contributed by atoms with Gasteiger partial charge in [0, 0.05) is 6.42 Å². The number of pyridine rings is 1. The molecule has 0 fully saturated rings. The van der Waals surface area contributed by atoms with Crippen LogP contribution in [0.15, 0.2) is 18.3 Å². The summed E-state index contributed by atoms with van der Waals surface area (Å²) in [6.45, 7) is 2.48. The summed E-state index contributed by atoms with van der Waals surface area (Å²) in [6.07, 6.45) is 2.18.